The lowest BCUT2D eigenvalue weighted by atomic mass is 9.59. The van der Waals surface area contributed by atoms with Gasteiger partial charge in [-0.05, 0) is 36.0 Å². The molecule has 0 spiro atoms. The van der Waals surface area contributed by atoms with E-state index in [4.69, 9.17) is 5.73 Å². The van der Waals surface area contributed by atoms with E-state index < -0.39 is 0 Å². The number of hydrogen-bond donors (Lipinski definition) is 1. The first-order valence-corrected chi connectivity index (χ1v) is 6.35. The van der Waals surface area contributed by atoms with Crippen LogP contribution in [-0.4, -0.2) is 5.54 Å². The molecule has 1 heteroatoms. The van der Waals surface area contributed by atoms with Crippen molar-refractivity contribution in [3.05, 3.63) is 0 Å². The van der Waals surface area contributed by atoms with E-state index in [-0.39, 0.29) is 11.0 Å². The zero-order valence-corrected chi connectivity index (χ0v) is 11.5. The molecule has 2 N–H and O–H groups in total. The maximum Gasteiger partial charge on any atom is 0.0206 e. The molecule has 2 atom stereocenters. The summed E-state index contributed by atoms with van der Waals surface area (Å²) in [5.74, 6) is 0.787. The fourth-order valence-electron chi connectivity index (χ4n) is 2.73. The second-order valence-corrected chi connectivity index (χ2v) is 7.57. The predicted molar refractivity (Wildman–Crippen MR) is 67.8 cm³/mol. The van der Waals surface area contributed by atoms with E-state index in [1.54, 1.807) is 0 Å². The molecule has 0 saturated heterocycles. The lowest BCUT2D eigenvalue weighted by Crippen LogP contribution is -2.55. The molecule has 1 saturated carbocycles. The summed E-state index contributed by atoms with van der Waals surface area (Å²) in [6, 6.07) is 0. The molecule has 0 bridgehead atoms. The van der Waals surface area contributed by atoms with Crippen LogP contribution in [0.2, 0.25) is 0 Å². The third kappa shape index (κ3) is 2.75. The zero-order chi connectivity index (χ0) is 11.9. The SMILES string of the molecule is CC(C)(C)C1CCCC(N)(C(C)(C)C)C1. The molecule has 2 unspecified atom stereocenters. The molecule has 90 valence electrons. The Labute approximate surface area is 95.8 Å². The van der Waals surface area contributed by atoms with E-state index in [9.17, 15) is 0 Å². The van der Waals surface area contributed by atoms with Gasteiger partial charge in [-0.3, -0.25) is 0 Å². The maximum atomic E-state index is 6.62. The minimum atomic E-state index is 0.0448. The maximum absolute atomic E-state index is 6.62. The van der Waals surface area contributed by atoms with E-state index >= 15 is 0 Å². The number of hydrogen-bond acceptors (Lipinski definition) is 1. The van der Waals surface area contributed by atoms with Gasteiger partial charge < -0.3 is 5.73 Å². The van der Waals surface area contributed by atoms with Gasteiger partial charge in [0.1, 0.15) is 0 Å². The molecule has 1 rings (SSSR count). The quantitative estimate of drug-likeness (QED) is 0.644. The van der Waals surface area contributed by atoms with E-state index in [1.807, 2.05) is 0 Å². The lowest BCUT2D eigenvalue weighted by Gasteiger charge is -2.50. The van der Waals surface area contributed by atoms with Crippen LogP contribution >= 0.6 is 0 Å². The first kappa shape index (κ1) is 13.0. The fourth-order valence-corrected chi connectivity index (χ4v) is 2.73. The van der Waals surface area contributed by atoms with E-state index in [0.29, 0.717) is 5.41 Å². The van der Waals surface area contributed by atoms with Crippen molar-refractivity contribution < 1.29 is 0 Å². The summed E-state index contributed by atoms with van der Waals surface area (Å²) in [6.07, 6.45) is 5.05. The van der Waals surface area contributed by atoms with Crippen LogP contribution in [0.25, 0.3) is 0 Å². The van der Waals surface area contributed by atoms with Gasteiger partial charge >= 0.3 is 0 Å². The van der Waals surface area contributed by atoms with Gasteiger partial charge in [0.05, 0.1) is 0 Å². The van der Waals surface area contributed by atoms with Gasteiger partial charge in [-0.2, -0.15) is 0 Å². The summed E-state index contributed by atoms with van der Waals surface area (Å²) < 4.78 is 0. The van der Waals surface area contributed by atoms with Crippen LogP contribution in [0.1, 0.15) is 67.2 Å². The number of nitrogens with two attached hydrogens (primary N) is 1. The van der Waals surface area contributed by atoms with Crippen molar-refractivity contribution in [2.75, 3.05) is 0 Å². The fraction of sp³-hybridized carbons (Fsp3) is 1.00. The standard InChI is InChI=1S/C14H29N/c1-12(2,3)11-8-7-9-14(15,10-11)13(4,5)6/h11H,7-10,15H2,1-6H3. The summed E-state index contributed by atoms with van der Waals surface area (Å²) in [5.41, 5.74) is 7.31. The van der Waals surface area contributed by atoms with Crippen molar-refractivity contribution in [3.8, 4) is 0 Å². The van der Waals surface area contributed by atoms with Crippen molar-refractivity contribution in [2.45, 2.75) is 72.8 Å². The molecule has 0 radical (unpaired) electrons. The molecule has 1 aliphatic carbocycles. The molecule has 0 aliphatic heterocycles. The van der Waals surface area contributed by atoms with Crippen molar-refractivity contribution in [1.82, 2.24) is 0 Å². The molecule has 1 nitrogen and oxygen atoms in total. The monoisotopic (exact) mass is 211 g/mol. The van der Waals surface area contributed by atoms with Gasteiger partial charge in [0.15, 0.2) is 0 Å². The molecule has 0 aromatic rings. The summed E-state index contributed by atoms with van der Waals surface area (Å²) in [4.78, 5) is 0. The van der Waals surface area contributed by atoms with Crippen LogP contribution in [0.3, 0.4) is 0 Å². The molecular weight excluding hydrogens is 182 g/mol. The van der Waals surface area contributed by atoms with Crippen LogP contribution in [0.4, 0.5) is 0 Å². The van der Waals surface area contributed by atoms with Crippen molar-refractivity contribution in [1.29, 1.82) is 0 Å². The van der Waals surface area contributed by atoms with Gasteiger partial charge in [0, 0.05) is 5.54 Å². The molecule has 0 amide bonds. The summed E-state index contributed by atoms with van der Waals surface area (Å²) in [6.45, 7) is 13.9. The number of rotatable bonds is 0. The molecule has 1 fully saturated rings. The van der Waals surface area contributed by atoms with Crippen molar-refractivity contribution in [2.24, 2.45) is 22.5 Å². The summed E-state index contributed by atoms with van der Waals surface area (Å²) >= 11 is 0. The van der Waals surface area contributed by atoms with Crippen LogP contribution in [0, 0.1) is 16.7 Å². The highest BCUT2D eigenvalue weighted by Gasteiger charge is 2.44. The Morgan fingerprint density at radius 1 is 1.07 bits per heavy atom. The first-order chi connectivity index (χ1) is 6.56. The third-order valence-electron chi connectivity index (χ3n) is 4.50. The van der Waals surface area contributed by atoms with E-state index in [2.05, 4.69) is 41.5 Å². The molecular formula is C14H29N. The molecule has 0 heterocycles. The van der Waals surface area contributed by atoms with Gasteiger partial charge in [-0.25, -0.2) is 0 Å². The average molecular weight is 211 g/mol. The Kier molecular flexibility index (Phi) is 3.27. The topological polar surface area (TPSA) is 26.0 Å². The van der Waals surface area contributed by atoms with Crippen LogP contribution in [0.5, 0.6) is 0 Å². The Morgan fingerprint density at radius 3 is 2.00 bits per heavy atom. The summed E-state index contributed by atoms with van der Waals surface area (Å²) in [5, 5.41) is 0. The minimum absolute atomic E-state index is 0.0448. The Hall–Kier alpha value is -0.0400. The van der Waals surface area contributed by atoms with E-state index in [1.165, 1.54) is 25.7 Å². The third-order valence-corrected chi connectivity index (χ3v) is 4.50. The Balaban J connectivity index is 2.80. The second kappa shape index (κ2) is 3.76. The van der Waals surface area contributed by atoms with Gasteiger partial charge in [-0.15, -0.1) is 0 Å². The van der Waals surface area contributed by atoms with Gasteiger partial charge in [0.2, 0.25) is 0 Å². The van der Waals surface area contributed by atoms with Gasteiger partial charge in [-0.1, -0.05) is 48.0 Å². The smallest absolute Gasteiger partial charge is 0.0206 e. The lowest BCUT2D eigenvalue weighted by molar-refractivity contribution is 0.0554. The summed E-state index contributed by atoms with van der Waals surface area (Å²) in [7, 11) is 0. The Morgan fingerprint density at radius 2 is 1.60 bits per heavy atom. The molecule has 15 heavy (non-hydrogen) atoms. The van der Waals surface area contributed by atoms with Crippen LogP contribution in [0.15, 0.2) is 0 Å². The van der Waals surface area contributed by atoms with Crippen LogP contribution in [-0.2, 0) is 0 Å². The zero-order valence-electron chi connectivity index (χ0n) is 11.5. The van der Waals surface area contributed by atoms with E-state index in [0.717, 1.165) is 5.92 Å². The van der Waals surface area contributed by atoms with Crippen molar-refractivity contribution in [3.63, 3.8) is 0 Å². The highest BCUT2D eigenvalue weighted by Crippen LogP contribution is 2.47. The van der Waals surface area contributed by atoms with Crippen LogP contribution < -0.4 is 5.73 Å². The average Bonchev–Trinajstić information content (AvgIpc) is 2.00. The Bertz CT molecular complexity index is 218. The highest BCUT2D eigenvalue weighted by atomic mass is 14.8. The molecule has 1 aliphatic rings. The van der Waals surface area contributed by atoms with Crippen molar-refractivity contribution >= 4 is 0 Å². The second-order valence-electron chi connectivity index (χ2n) is 7.57. The minimum Gasteiger partial charge on any atom is -0.325 e. The first-order valence-electron chi connectivity index (χ1n) is 6.35. The predicted octanol–water partition coefficient (Wildman–Crippen LogP) is 3.97. The largest absolute Gasteiger partial charge is 0.325 e. The highest BCUT2D eigenvalue weighted by molar-refractivity contribution is 5.00. The molecule has 0 aromatic heterocycles. The normalized spacial score (nSPS) is 34.2. The molecule has 0 aromatic carbocycles. The van der Waals surface area contributed by atoms with Gasteiger partial charge in [0.25, 0.3) is 0 Å².